The Morgan fingerprint density at radius 2 is 1.20 bits per heavy atom. The van der Waals surface area contributed by atoms with Crippen molar-refractivity contribution in [1.29, 1.82) is 0 Å². The maximum atomic E-state index is 2.17. The third kappa shape index (κ3) is 2990. The summed E-state index contributed by atoms with van der Waals surface area (Å²) in [5, 5.41) is 0. The van der Waals surface area contributed by atoms with Gasteiger partial charge in [0.25, 0.3) is 0 Å². The van der Waals surface area contributed by atoms with Crippen LogP contribution >= 0.6 is 0 Å². The summed E-state index contributed by atoms with van der Waals surface area (Å²) in [6.45, 7) is 6.50. The fraction of sp³-hybridized carbons (Fsp3) is 1.00. The number of hydrogen-bond acceptors (Lipinski definition) is 0. The van der Waals surface area contributed by atoms with Crippen LogP contribution in [-0.2, 0) is 0 Å². The van der Waals surface area contributed by atoms with Gasteiger partial charge in [0.05, 0.1) is 0 Å². The highest BCUT2D eigenvalue weighted by Gasteiger charge is 1.68. The van der Waals surface area contributed by atoms with Crippen LogP contribution in [0.2, 0.25) is 0 Å². The molecule has 0 saturated heterocycles. The number of halogens is 1. The molecule has 0 amide bonds. The molecule has 0 nitrogen and oxygen atoms in total. The lowest BCUT2D eigenvalue weighted by Gasteiger charge is -1.79. The van der Waals surface area contributed by atoms with E-state index in [4.69, 9.17) is 0 Å². The van der Waals surface area contributed by atoms with E-state index in [2.05, 4.69) is 20.8 Å². The van der Waals surface area contributed by atoms with Gasteiger partial charge in [0.1, 0.15) is 0 Å². The Morgan fingerprint density at radius 1 is 1.20 bits per heavy atom. The molecule has 0 aromatic carbocycles. The summed E-state index contributed by atoms with van der Waals surface area (Å²) in [5.41, 5.74) is 0. The van der Waals surface area contributed by atoms with Crippen LogP contribution in [0.5, 0.6) is 0 Å². The van der Waals surface area contributed by atoms with Crippen LogP contribution < -0.4 is 4.70 Å². The molecule has 0 heterocycles. The van der Waals surface area contributed by atoms with E-state index in [9.17, 15) is 0 Å². The van der Waals surface area contributed by atoms with Gasteiger partial charge in [-0.1, -0.05) is 20.8 Å². The standard InChI is InChI=1S/C4H10.FH/c1-4(2)3;/h4H,1-3H3;1H. The van der Waals surface area contributed by atoms with Crippen LogP contribution in [0.3, 0.4) is 0 Å². The summed E-state index contributed by atoms with van der Waals surface area (Å²) in [6.07, 6.45) is 0. The molecule has 0 aliphatic heterocycles. The highest BCUT2D eigenvalue weighted by Crippen LogP contribution is 1.81. The molecule has 0 aromatic rings. The molecule has 0 aromatic heterocycles. The normalized spacial score (nSPS) is 7.20. The summed E-state index contributed by atoms with van der Waals surface area (Å²) in [4.78, 5) is 0. The lowest BCUT2D eigenvalue weighted by Crippen LogP contribution is -3.00. The van der Waals surface area contributed by atoms with Gasteiger partial charge in [-0.25, -0.2) is 0 Å². The van der Waals surface area contributed by atoms with Gasteiger partial charge in [-0.15, -0.1) is 0 Å². The van der Waals surface area contributed by atoms with Crippen molar-refractivity contribution >= 4 is 0 Å². The fourth-order valence-electron chi connectivity index (χ4n) is 0. The molecule has 0 fully saturated rings. The molecule has 0 bridgehead atoms. The van der Waals surface area contributed by atoms with Crippen LogP contribution in [0, 0.1) is 5.92 Å². The third-order valence-electron chi connectivity index (χ3n) is 0. The molecule has 1 heteroatoms. The third-order valence-corrected chi connectivity index (χ3v) is 0. The van der Waals surface area contributed by atoms with E-state index in [1.54, 1.807) is 0 Å². The van der Waals surface area contributed by atoms with E-state index in [0.29, 0.717) is 0 Å². The van der Waals surface area contributed by atoms with E-state index in [1.165, 1.54) is 0 Å². The highest BCUT2D eigenvalue weighted by atomic mass is 19.0. The topological polar surface area (TPSA) is 0 Å². The van der Waals surface area contributed by atoms with E-state index in [-0.39, 0.29) is 6.13 Å². The molecular weight excluding hydrogens is 67.0 g/mol. The first-order chi connectivity index (χ1) is 1.73. The SMILES string of the molecule is CC(C)C.[F-].[H+]. The average molecular weight is 78.1 g/mol. The quantitative estimate of drug-likeness (QED) is 0.340. The molecular formula is C4H11F. The first-order valence-electron chi connectivity index (χ1n) is 1.73. The van der Waals surface area contributed by atoms with Gasteiger partial charge in [-0.3, -0.25) is 0 Å². The molecule has 0 radical (unpaired) electrons. The van der Waals surface area contributed by atoms with E-state index in [0.717, 1.165) is 5.92 Å². The molecule has 0 spiro atoms. The molecule has 0 rings (SSSR count). The van der Waals surface area contributed by atoms with Crippen LogP contribution in [-0.4, -0.2) is 0 Å². The Balaban J connectivity index is -0.0000000450. The molecule has 34 valence electrons. The smallest absolute Gasteiger partial charge is 1.00 e. The maximum Gasteiger partial charge on any atom is 1.00 e. The van der Waals surface area contributed by atoms with Crippen molar-refractivity contribution in [3.63, 3.8) is 0 Å². The lowest BCUT2D eigenvalue weighted by atomic mass is 10.3. The van der Waals surface area contributed by atoms with E-state index in [1.807, 2.05) is 0 Å². The summed E-state index contributed by atoms with van der Waals surface area (Å²) in [6, 6.07) is 0. The zero-order valence-electron chi connectivity index (χ0n) is 4.96. The Labute approximate surface area is 34.0 Å². The molecule has 5 heavy (non-hydrogen) atoms. The minimum absolute atomic E-state index is 0. The predicted molar refractivity (Wildman–Crippen MR) is 21.6 cm³/mol. The summed E-state index contributed by atoms with van der Waals surface area (Å²) < 4.78 is 0. The van der Waals surface area contributed by atoms with E-state index >= 15 is 0 Å². The van der Waals surface area contributed by atoms with Gasteiger partial charge in [-0.2, -0.15) is 0 Å². The lowest BCUT2D eigenvalue weighted by molar-refractivity contribution is -0.00000123. The second-order valence-corrected chi connectivity index (χ2v) is 1.73. The largest absolute Gasteiger partial charge is 1.00 e. The minimum atomic E-state index is 0. The first kappa shape index (κ1) is 8.87. The van der Waals surface area contributed by atoms with Crippen molar-refractivity contribution in [2.45, 2.75) is 20.8 Å². The highest BCUT2D eigenvalue weighted by molar-refractivity contribution is 4.20. The van der Waals surface area contributed by atoms with Crippen molar-refractivity contribution in [2.75, 3.05) is 0 Å². The second-order valence-electron chi connectivity index (χ2n) is 1.73. The zero-order chi connectivity index (χ0) is 3.58. The van der Waals surface area contributed by atoms with Crippen LogP contribution in [0.4, 0.5) is 0 Å². The number of hydrogen-bond donors (Lipinski definition) is 0. The monoisotopic (exact) mass is 78.1 g/mol. The molecule has 0 unspecified atom stereocenters. The zero-order valence-corrected chi connectivity index (χ0v) is 3.96. The van der Waals surface area contributed by atoms with Crippen molar-refractivity contribution in [2.24, 2.45) is 5.92 Å². The van der Waals surface area contributed by atoms with Crippen LogP contribution in [0.15, 0.2) is 0 Å². The minimum Gasteiger partial charge on any atom is -1.00 e. The van der Waals surface area contributed by atoms with Gasteiger partial charge >= 0.3 is 1.43 Å². The second kappa shape index (κ2) is 3.93. The first-order valence-corrected chi connectivity index (χ1v) is 1.73. The Morgan fingerprint density at radius 3 is 1.20 bits per heavy atom. The molecule has 0 aliphatic rings. The van der Waals surface area contributed by atoms with E-state index < -0.39 is 0 Å². The molecule has 0 atom stereocenters. The maximum absolute atomic E-state index is 2.17. The summed E-state index contributed by atoms with van der Waals surface area (Å²) in [5.74, 6) is 0.833. The molecule has 0 aliphatic carbocycles. The van der Waals surface area contributed by atoms with Gasteiger partial charge in [0, 0.05) is 0 Å². The Hall–Kier alpha value is -0.0700. The van der Waals surface area contributed by atoms with Gasteiger partial charge in [0.15, 0.2) is 0 Å². The van der Waals surface area contributed by atoms with Crippen molar-refractivity contribution in [3.05, 3.63) is 0 Å². The van der Waals surface area contributed by atoms with Crippen molar-refractivity contribution < 1.29 is 6.13 Å². The van der Waals surface area contributed by atoms with Crippen molar-refractivity contribution in [3.8, 4) is 0 Å². The van der Waals surface area contributed by atoms with Crippen LogP contribution in [0.25, 0.3) is 0 Å². The Bertz CT molecular complexity index is 12.3. The number of rotatable bonds is 0. The summed E-state index contributed by atoms with van der Waals surface area (Å²) >= 11 is 0. The molecule has 0 N–H and O–H groups in total. The van der Waals surface area contributed by atoms with Gasteiger partial charge in [-0.05, 0) is 5.92 Å². The van der Waals surface area contributed by atoms with Gasteiger partial charge < -0.3 is 4.70 Å². The van der Waals surface area contributed by atoms with Crippen molar-refractivity contribution in [1.82, 2.24) is 0 Å². The van der Waals surface area contributed by atoms with Crippen LogP contribution in [0.1, 0.15) is 22.2 Å². The fourth-order valence-corrected chi connectivity index (χ4v) is 0. The molecule has 0 saturated carbocycles. The Kier molecular flexibility index (Phi) is 6.97. The van der Waals surface area contributed by atoms with Gasteiger partial charge in [0.2, 0.25) is 0 Å². The predicted octanol–water partition coefficient (Wildman–Crippen LogP) is -1.22. The summed E-state index contributed by atoms with van der Waals surface area (Å²) in [7, 11) is 0. The average Bonchev–Trinajstić information content (AvgIpc) is 0.811.